The lowest BCUT2D eigenvalue weighted by Crippen LogP contribution is -2.30. The van der Waals surface area contributed by atoms with Crippen LogP contribution in [0.5, 0.6) is 5.88 Å². The zero-order valence-corrected chi connectivity index (χ0v) is 10.7. The first-order valence-corrected chi connectivity index (χ1v) is 5.67. The monoisotopic (exact) mass is 279 g/mol. The molecule has 10 nitrogen and oxygen atoms in total. The molecule has 0 atom stereocenters. The Labute approximate surface area is 113 Å². The van der Waals surface area contributed by atoms with Gasteiger partial charge in [0.2, 0.25) is 5.88 Å². The highest BCUT2D eigenvalue weighted by molar-refractivity contribution is 5.91. The van der Waals surface area contributed by atoms with Crippen molar-refractivity contribution in [3.05, 3.63) is 34.4 Å². The average Bonchev–Trinajstić information content (AvgIpc) is 2.94. The summed E-state index contributed by atoms with van der Waals surface area (Å²) in [5.74, 6) is 4.79. The largest absolute Gasteiger partial charge is 0.480 e. The maximum atomic E-state index is 11.6. The summed E-state index contributed by atoms with van der Waals surface area (Å²) < 4.78 is 7.59. The van der Waals surface area contributed by atoms with Crippen molar-refractivity contribution in [3.8, 4) is 5.88 Å². The molecule has 1 amide bonds. The molecule has 0 saturated heterocycles. The zero-order chi connectivity index (χ0) is 14.5. The van der Waals surface area contributed by atoms with E-state index in [-0.39, 0.29) is 17.8 Å². The number of nitrogens with two attached hydrogens (primary N) is 1. The SMILES string of the molecule is COc1ccc(=O)n(CCn2cc(C(=O)NN)nn2)n1. The minimum absolute atomic E-state index is 0.0958. The Balaban J connectivity index is 2.07. The molecule has 0 aliphatic carbocycles. The van der Waals surface area contributed by atoms with Gasteiger partial charge in [-0.2, -0.15) is 0 Å². The molecule has 0 bridgehead atoms. The molecule has 10 heteroatoms. The quantitative estimate of drug-likeness (QED) is 0.373. The summed E-state index contributed by atoms with van der Waals surface area (Å²) in [5.41, 5.74) is 1.79. The van der Waals surface area contributed by atoms with Crippen LogP contribution in [0.15, 0.2) is 23.1 Å². The number of hydrogen-bond acceptors (Lipinski definition) is 7. The van der Waals surface area contributed by atoms with Crippen LogP contribution >= 0.6 is 0 Å². The Bertz CT molecular complexity index is 663. The number of amides is 1. The summed E-state index contributed by atoms with van der Waals surface area (Å²) in [6, 6.07) is 2.85. The van der Waals surface area contributed by atoms with E-state index in [4.69, 9.17) is 10.6 Å². The highest BCUT2D eigenvalue weighted by Crippen LogP contribution is 1.99. The van der Waals surface area contributed by atoms with Crippen LogP contribution < -0.4 is 21.6 Å². The van der Waals surface area contributed by atoms with Crippen LogP contribution in [0.4, 0.5) is 0 Å². The van der Waals surface area contributed by atoms with Gasteiger partial charge in [-0.25, -0.2) is 15.2 Å². The lowest BCUT2D eigenvalue weighted by atomic mass is 10.4. The van der Waals surface area contributed by atoms with E-state index in [0.29, 0.717) is 12.4 Å². The molecule has 0 saturated carbocycles. The van der Waals surface area contributed by atoms with Crippen LogP contribution in [0.1, 0.15) is 10.5 Å². The number of carbonyl (C=O) groups excluding carboxylic acids is 1. The Hall–Kier alpha value is -2.75. The third-order valence-electron chi connectivity index (χ3n) is 2.49. The molecule has 0 unspecified atom stereocenters. The predicted molar refractivity (Wildman–Crippen MR) is 66.7 cm³/mol. The van der Waals surface area contributed by atoms with E-state index >= 15 is 0 Å². The van der Waals surface area contributed by atoms with Crippen LogP contribution in [-0.2, 0) is 13.1 Å². The first-order chi connectivity index (χ1) is 9.63. The van der Waals surface area contributed by atoms with Crippen molar-refractivity contribution in [2.45, 2.75) is 13.1 Å². The van der Waals surface area contributed by atoms with Crippen LogP contribution in [0, 0.1) is 0 Å². The molecule has 0 radical (unpaired) electrons. The minimum atomic E-state index is -0.534. The highest BCUT2D eigenvalue weighted by Gasteiger charge is 2.09. The highest BCUT2D eigenvalue weighted by atomic mass is 16.5. The third-order valence-corrected chi connectivity index (χ3v) is 2.49. The average molecular weight is 279 g/mol. The summed E-state index contributed by atoms with van der Waals surface area (Å²) in [6.45, 7) is 0.591. The smallest absolute Gasteiger partial charge is 0.287 e. The van der Waals surface area contributed by atoms with Crippen molar-refractivity contribution >= 4 is 5.91 Å². The van der Waals surface area contributed by atoms with E-state index in [1.54, 1.807) is 0 Å². The number of rotatable bonds is 5. The molecule has 20 heavy (non-hydrogen) atoms. The number of hydrogen-bond donors (Lipinski definition) is 2. The number of ether oxygens (including phenoxy) is 1. The topological polar surface area (TPSA) is 130 Å². The number of nitrogens with one attached hydrogen (secondary N) is 1. The van der Waals surface area contributed by atoms with Crippen molar-refractivity contribution in [1.29, 1.82) is 0 Å². The van der Waals surface area contributed by atoms with E-state index in [0.717, 1.165) is 0 Å². The van der Waals surface area contributed by atoms with Crippen LogP contribution in [0.25, 0.3) is 0 Å². The normalized spacial score (nSPS) is 10.3. The van der Waals surface area contributed by atoms with Gasteiger partial charge in [-0.3, -0.25) is 15.0 Å². The number of methoxy groups -OCH3 is 1. The van der Waals surface area contributed by atoms with E-state index in [2.05, 4.69) is 15.4 Å². The minimum Gasteiger partial charge on any atom is -0.480 e. The standard InChI is InChI=1S/C10H13N7O3/c1-20-8-2-3-9(18)17(14-8)5-4-16-6-7(13-15-16)10(19)12-11/h2-3,6H,4-5,11H2,1H3,(H,12,19). The number of aryl methyl sites for hydroxylation is 2. The van der Waals surface area contributed by atoms with E-state index in [9.17, 15) is 9.59 Å². The molecule has 0 aliphatic rings. The number of hydrazine groups is 1. The van der Waals surface area contributed by atoms with Crippen LogP contribution in [0.3, 0.4) is 0 Å². The molecule has 3 N–H and O–H groups in total. The van der Waals surface area contributed by atoms with Crippen molar-refractivity contribution in [2.75, 3.05) is 7.11 Å². The van der Waals surface area contributed by atoms with Gasteiger partial charge in [-0.05, 0) is 0 Å². The van der Waals surface area contributed by atoms with E-state index < -0.39 is 5.91 Å². The van der Waals surface area contributed by atoms with Crippen LogP contribution in [-0.4, -0.2) is 37.8 Å². The second-order valence-corrected chi connectivity index (χ2v) is 3.78. The fraction of sp³-hybridized carbons (Fsp3) is 0.300. The Morgan fingerprint density at radius 1 is 1.45 bits per heavy atom. The predicted octanol–water partition coefficient (Wildman–Crippen LogP) is -1.85. The van der Waals surface area contributed by atoms with Gasteiger partial charge in [0.1, 0.15) is 0 Å². The maximum Gasteiger partial charge on any atom is 0.287 e. The van der Waals surface area contributed by atoms with Gasteiger partial charge in [0, 0.05) is 12.1 Å². The molecule has 0 aromatic carbocycles. The van der Waals surface area contributed by atoms with Gasteiger partial charge in [0.15, 0.2) is 5.69 Å². The second-order valence-electron chi connectivity index (χ2n) is 3.78. The summed E-state index contributed by atoms with van der Waals surface area (Å²) in [4.78, 5) is 22.8. The molecule has 2 aromatic heterocycles. The fourth-order valence-corrected chi connectivity index (χ4v) is 1.48. The van der Waals surface area contributed by atoms with E-state index in [1.165, 1.54) is 34.8 Å². The van der Waals surface area contributed by atoms with Gasteiger partial charge in [0.25, 0.3) is 11.5 Å². The van der Waals surface area contributed by atoms with Crippen molar-refractivity contribution in [2.24, 2.45) is 5.84 Å². The molecular formula is C10H13N7O3. The third kappa shape index (κ3) is 2.98. The van der Waals surface area contributed by atoms with Gasteiger partial charge in [-0.15, -0.1) is 10.2 Å². The second kappa shape index (κ2) is 5.93. The summed E-state index contributed by atoms with van der Waals surface area (Å²) in [5, 5.41) is 11.4. The lowest BCUT2D eigenvalue weighted by molar-refractivity contribution is 0.0948. The van der Waals surface area contributed by atoms with Gasteiger partial charge >= 0.3 is 0 Å². The number of nitrogens with zero attached hydrogens (tertiary/aromatic N) is 5. The summed E-state index contributed by atoms with van der Waals surface area (Å²) in [6.07, 6.45) is 1.42. The Kier molecular flexibility index (Phi) is 4.05. The lowest BCUT2D eigenvalue weighted by Gasteiger charge is -2.05. The number of carbonyl (C=O) groups is 1. The fourth-order valence-electron chi connectivity index (χ4n) is 1.48. The zero-order valence-electron chi connectivity index (χ0n) is 10.7. The Morgan fingerprint density at radius 2 is 2.25 bits per heavy atom. The van der Waals surface area contributed by atoms with Gasteiger partial charge in [0.05, 0.1) is 26.4 Å². The summed E-state index contributed by atoms with van der Waals surface area (Å²) in [7, 11) is 1.46. The van der Waals surface area contributed by atoms with Crippen molar-refractivity contribution in [1.82, 2.24) is 30.2 Å². The Morgan fingerprint density at radius 3 is 2.95 bits per heavy atom. The molecular weight excluding hydrogens is 266 g/mol. The number of aromatic nitrogens is 5. The van der Waals surface area contributed by atoms with Crippen molar-refractivity contribution < 1.29 is 9.53 Å². The molecule has 0 fully saturated rings. The van der Waals surface area contributed by atoms with Gasteiger partial charge in [-0.1, -0.05) is 5.21 Å². The molecule has 2 aromatic rings. The first kappa shape index (κ1) is 13.7. The molecule has 0 spiro atoms. The summed E-state index contributed by atoms with van der Waals surface area (Å²) >= 11 is 0. The van der Waals surface area contributed by atoms with Crippen molar-refractivity contribution in [3.63, 3.8) is 0 Å². The molecule has 2 rings (SSSR count). The number of nitrogen functional groups attached to an aromatic ring is 1. The van der Waals surface area contributed by atoms with Gasteiger partial charge < -0.3 is 4.74 Å². The first-order valence-electron chi connectivity index (χ1n) is 5.67. The molecule has 106 valence electrons. The molecule has 0 aliphatic heterocycles. The van der Waals surface area contributed by atoms with Crippen LogP contribution in [0.2, 0.25) is 0 Å². The maximum absolute atomic E-state index is 11.6. The van der Waals surface area contributed by atoms with E-state index in [1.807, 2.05) is 5.43 Å². The molecule has 2 heterocycles.